The predicted molar refractivity (Wildman–Crippen MR) is 137 cm³/mol. The summed E-state index contributed by atoms with van der Waals surface area (Å²) in [5, 5.41) is 11.2. The molecule has 7 nitrogen and oxygen atoms in total. The summed E-state index contributed by atoms with van der Waals surface area (Å²) in [6, 6.07) is 6.17. The summed E-state index contributed by atoms with van der Waals surface area (Å²) in [6.07, 6.45) is 0.588. The van der Waals surface area contributed by atoms with Crippen LogP contribution in [0.1, 0.15) is 46.6 Å². The van der Waals surface area contributed by atoms with Crippen LogP contribution in [0, 0.1) is 16.0 Å². The first-order valence-electron chi connectivity index (χ1n) is 11.1. The molecule has 1 saturated heterocycles. The Labute approximate surface area is 206 Å². The van der Waals surface area contributed by atoms with Crippen molar-refractivity contribution in [2.45, 2.75) is 77.3 Å². The topological polar surface area (TPSA) is 81.9 Å². The van der Waals surface area contributed by atoms with E-state index in [4.69, 9.17) is 21.4 Å². The second-order valence-corrected chi connectivity index (χ2v) is 16.3. The normalized spacial score (nSPS) is 21.5. The molecule has 2 aliphatic rings. The number of amides is 1. The average molecular weight is 509 g/mol. The fraction of sp³-hybridized carbons (Fsp3) is 0.565. The maximum atomic E-state index is 13.2. The summed E-state index contributed by atoms with van der Waals surface area (Å²) < 4.78 is 12.4. The second kappa shape index (κ2) is 9.48. The Bertz CT molecular complexity index is 988. The molecular weight excluding hydrogens is 476 g/mol. The second-order valence-electron chi connectivity index (χ2n) is 9.95. The van der Waals surface area contributed by atoms with Crippen LogP contribution in [0.5, 0.6) is 0 Å². The van der Waals surface area contributed by atoms with Crippen LogP contribution in [0.25, 0.3) is 0 Å². The smallest absolute Gasteiger partial charge is 0.269 e. The third-order valence-electron chi connectivity index (χ3n) is 6.68. The van der Waals surface area contributed by atoms with Gasteiger partial charge in [0, 0.05) is 17.0 Å². The molecule has 0 radical (unpaired) electrons. The Balaban J connectivity index is 1.68. The molecule has 1 fully saturated rings. The largest absolute Gasteiger partial charge is 0.477 e. The van der Waals surface area contributed by atoms with Crippen molar-refractivity contribution in [3.05, 3.63) is 50.5 Å². The van der Waals surface area contributed by atoms with E-state index in [0.717, 1.165) is 16.9 Å². The third-order valence-corrected chi connectivity index (χ3v) is 13.1. The number of carbonyl (C=O) groups is 1. The highest BCUT2D eigenvalue weighted by atomic mass is 32.2. The van der Waals surface area contributed by atoms with E-state index in [9.17, 15) is 14.9 Å². The molecule has 1 amide bonds. The standard InChI is InChI=1S/C23H32N2O5S2Si/c1-8-17-19(22(31)29-13-15-9-11-16(12-10-15)25(27)28)24-20(26)18(21(24)32-17)14(2)30-33(6,7)23(3,4)5/h9-12,14,18,21H,8,13H2,1-7H3/t14-,18+,21+/m1/s1. The number of thioether (sulfide) groups is 1. The summed E-state index contributed by atoms with van der Waals surface area (Å²) in [4.78, 5) is 26.4. The van der Waals surface area contributed by atoms with E-state index in [1.165, 1.54) is 12.1 Å². The molecule has 3 rings (SSSR count). The van der Waals surface area contributed by atoms with Crippen molar-refractivity contribution in [2.24, 2.45) is 5.92 Å². The minimum absolute atomic E-state index is 0.0249. The SMILES string of the molecule is CCC1=C(C(=S)OCc2ccc([N+](=O)[O-])cc2)N2C(=O)[C@H]([C@@H](C)O[Si](C)(C)C(C)(C)C)[C@@H]2S1. The number of allylic oxidation sites excluding steroid dienone is 1. The van der Waals surface area contributed by atoms with Crippen LogP contribution in [0.3, 0.4) is 0 Å². The van der Waals surface area contributed by atoms with Crippen molar-refractivity contribution in [3.63, 3.8) is 0 Å². The summed E-state index contributed by atoms with van der Waals surface area (Å²) in [5.74, 6) is -0.181. The molecule has 0 N–H and O–H groups in total. The van der Waals surface area contributed by atoms with E-state index < -0.39 is 13.2 Å². The number of fused-ring (bicyclic) bond motifs is 1. The van der Waals surface area contributed by atoms with Crippen molar-refractivity contribution in [1.29, 1.82) is 0 Å². The number of hydrogen-bond donors (Lipinski definition) is 0. The Morgan fingerprint density at radius 1 is 1.30 bits per heavy atom. The number of nitro benzene ring substituents is 1. The molecule has 0 aliphatic carbocycles. The predicted octanol–water partition coefficient (Wildman–Crippen LogP) is 6.00. The molecule has 33 heavy (non-hydrogen) atoms. The molecule has 180 valence electrons. The molecule has 0 unspecified atom stereocenters. The number of ether oxygens (including phenoxy) is 1. The maximum absolute atomic E-state index is 13.2. The van der Waals surface area contributed by atoms with Gasteiger partial charge < -0.3 is 9.16 Å². The molecule has 0 spiro atoms. The third kappa shape index (κ3) is 5.03. The van der Waals surface area contributed by atoms with Gasteiger partial charge in [0.2, 0.25) is 11.0 Å². The lowest BCUT2D eigenvalue weighted by Crippen LogP contribution is -2.62. The van der Waals surface area contributed by atoms with Gasteiger partial charge in [0.1, 0.15) is 17.7 Å². The van der Waals surface area contributed by atoms with Crippen LogP contribution in [-0.2, 0) is 20.6 Å². The van der Waals surface area contributed by atoms with Crippen LogP contribution < -0.4 is 0 Å². The van der Waals surface area contributed by atoms with Gasteiger partial charge in [-0.2, -0.15) is 0 Å². The van der Waals surface area contributed by atoms with Gasteiger partial charge in [-0.15, -0.1) is 11.8 Å². The molecule has 10 heteroatoms. The zero-order valence-corrected chi connectivity index (χ0v) is 22.8. The van der Waals surface area contributed by atoms with Crippen LogP contribution in [0.2, 0.25) is 18.1 Å². The van der Waals surface area contributed by atoms with Crippen molar-refractivity contribution < 1.29 is 18.9 Å². The summed E-state index contributed by atoms with van der Waals surface area (Å²) in [6.45, 7) is 15.2. The van der Waals surface area contributed by atoms with Crippen molar-refractivity contribution in [3.8, 4) is 0 Å². The van der Waals surface area contributed by atoms with E-state index in [1.54, 1.807) is 28.8 Å². The van der Waals surface area contributed by atoms with Gasteiger partial charge in [-0.1, -0.05) is 27.7 Å². The molecule has 2 aliphatic heterocycles. The summed E-state index contributed by atoms with van der Waals surface area (Å²) in [7, 11) is -2.00. The lowest BCUT2D eigenvalue weighted by molar-refractivity contribution is -0.384. The number of nitro groups is 1. The van der Waals surface area contributed by atoms with E-state index in [0.29, 0.717) is 5.70 Å². The monoisotopic (exact) mass is 508 g/mol. The van der Waals surface area contributed by atoms with Gasteiger partial charge in [0.05, 0.1) is 16.9 Å². The zero-order valence-electron chi connectivity index (χ0n) is 20.2. The maximum Gasteiger partial charge on any atom is 0.269 e. The van der Waals surface area contributed by atoms with Gasteiger partial charge >= 0.3 is 0 Å². The van der Waals surface area contributed by atoms with E-state index >= 15 is 0 Å². The molecule has 1 aromatic carbocycles. The first kappa shape index (κ1) is 25.9. The summed E-state index contributed by atoms with van der Waals surface area (Å²) >= 11 is 7.24. The lowest BCUT2D eigenvalue weighted by Gasteiger charge is -2.48. The fourth-order valence-electron chi connectivity index (χ4n) is 3.73. The number of benzene rings is 1. The Morgan fingerprint density at radius 2 is 1.91 bits per heavy atom. The molecule has 3 atom stereocenters. The molecule has 1 aromatic rings. The number of nitrogens with zero attached hydrogens (tertiary/aromatic N) is 2. The van der Waals surface area contributed by atoms with Crippen molar-refractivity contribution in [1.82, 2.24) is 4.90 Å². The minimum Gasteiger partial charge on any atom is -0.477 e. The quantitative estimate of drug-likeness (QED) is 0.140. The Morgan fingerprint density at radius 3 is 2.42 bits per heavy atom. The molecule has 0 bridgehead atoms. The number of thiocarbonyl (C=S) groups is 1. The van der Waals surface area contributed by atoms with Crippen LogP contribution in [-0.4, -0.2) is 40.6 Å². The number of non-ortho nitro benzene ring substituents is 1. The van der Waals surface area contributed by atoms with E-state index in [-0.39, 0.29) is 45.7 Å². The van der Waals surface area contributed by atoms with Crippen LogP contribution in [0.15, 0.2) is 34.9 Å². The van der Waals surface area contributed by atoms with E-state index in [2.05, 4.69) is 33.9 Å². The fourth-order valence-corrected chi connectivity index (χ4v) is 7.06. The lowest BCUT2D eigenvalue weighted by atomic mass is 9.92. The van der Waals surface area contributed by atoms with Crippen molar-refractivity contribution >= 4 is 48.9 Å². The first-order valence-corrected chi connectivity index (χ1v) is 15.3. The van der Waals surface area contributed by atoms with Gasteiger partial charge in [0.15, 0.2) is 8.32 Å². The van der Waals surface area contributed by atoms with Gasteiger partial charge in [0.25, 0.3) is 5.69 Å². The van der Waals surface area contributed by atoms with E-state index in [1.807, 2.05) is 13.8 Å². The van der Waals surface area contributed by atoms with Gasteiger partial charge in [-0.05, 0) is 61.4 Å². The Kier molecular flexibility index (Phi) is 7.43. The first-order chi connectivity index (χ1) is 15.3. The molecular formula is C23H32N2O5S2Si. The molecule has 0 aromatic heterocycles. The highest BCUT2D eigenvalue weighted by molar-refractivity contribution is 8.04. The number of rotatable bonds is 8. The minimum atomic E-state index is -2.00. The molecule has 0 saturated carbocycles. The van der Waals surface area contributed by atoms with Crippen LogP contribution >= 0.6 is 24.0 Å². The average Bonchev–Trinajstić information content (AvgIpc) is 3.05. The van der Waals surface area contributed by atoms with Crippen LogP contribution in [0.4, 0.5) is 5.69 Å². The number of carbonyl (C=O) groups excluding carboxylic acids is 1. The summed E-state index contributed by atoms with van der Waals surface area (Å²) in [5.41, 5.74) is 1.48. The van der Waals surface area contributed by atoms with Crippen molar-refractivity contribution in [2.75, 3.05) is 0 Å². The molecule has 2 heterocycles. The number of hydrogen-bond acceptors (Lipinski definition) is 7. The van der Waals surface area contributed by atoms with Gasteiger partial charge in [-0.25, -0.2) is 0 Å². The highest BCUT2D eigenvalue weighted by Crippen LogP contribution is 2.52. The zero-order chi connectivity index (χ0) is 24.7. The number of β-lactam (4-membered cyclic amide) rings is 1. The highest BCUT2D eigenvalue weighted by Gasteiger charge is 2.58. The Hall–Kier alpha value is -1.75. The van der Waals surface area contributed by atoms with Gasteiger partial charge in [-0.3, -0.25) is 19.8 Å².